The third-order valence-electron chi connectivity index (χ3n) is 4.96. The van der Waals surface area contributed by atoms with Crippen LogP contribution >= 0.6 is 0 Å². The van der Waals surface area contributed by atoms with Gasteiger partial charge in [0.2, 0.25) is 0 Å². The Morgan fingerprint density at radius 2 is 1.56 bits per heavy atom. The van der Waals surface area contributed by atoms with E-state index in [0.717, 1.165) is 55.8 Å². The SMILES string of the molecule is Cc1ccc(NC(O)NCC2CCCO2)cc1N[C@H](O)NCC1CCCO1. The summed E-state index contributed by atoms with van der Waals surface area (Å²) in [4.78, 5) is 0. The number of aliphatic hydroxyl groups is 2. The zero-order valence-corrected chi connectivity index (χ0v) is 15.9. The molecule has 2 aliphatic rings. The number of nitrogens with one attached hydrogen (secondary N) is 4. The Kier molecular flexibility index (Phi) is 7.69. The minimum absolute atomic E-state index is 0.167. The van der Waals surface area contributed by atoms with E-state index >= 15 is 0 Å². The fourth-order valence-corrected chi connectivity index (χ4v) is 3.37. The molecule has 1 aromatic carbocycles. The average molecular weight is 380 g/mol. The van der Waals surface area contributed by atoms with Crippen LogP contribution in [0.1, 0.15) is 31.2 Å². The van der Waals surface area contributed by atoms with Crippen LogP contribution in [-0.2, 0) is 9.47 Å². The maximum absolute atomic E-state index is 10.2. The van der Waals surface area contributed by atoms with Crippen molar-refractivity contribution in [1.82, 2.24) is 10.6 Å². The third kappa shape index (κ3) is 6.60. The van der Waals surface area contributed by atoms with Crippen molar-refractivity contribution in [3.8, 4) is 0 Å². The Morgan fingerprint density at radius 1 is 0.963 bits per heavy atom. The van der Waals surface area contributed by atoms with Crippen molar-refractivity contribution in [1.29, 1.82) is 0 Å². The van der Waals surface area contributed by atoms with Crippen molar-refractivity contribution < 1.29 is 19.7 Å². The molecule has 0 amide bonds. The lowest BCUT2D eigenvalue weighted by molar-refractivity contribution is 0.0864. The van der Waals surface area contributed by atoms with E-state index in [-0.39, 0.29) is 12.2 Å². The predicted molar refractivity (Wildman–Crippen MR) is 104 cm³/mol. The van der Waals surface area contributed by atoms with E-state index < -0.39 is 12.7 Å². The molecule has 2 heterocycles. The maximum atomic E-state index is 10.2. The van der Waals surface area contributed by atoms with Crippen molar-refractivity contribution in [2.24, 2.45) is 0 Å². The van der Waals surface area contributed by atoms with Crippen LogP contribution in [-0.4, -0.2) is 61.4 Å². The smallest absolute Gasteiger partial charge is 0.181 e. The highest BCUT2D eigenvalue weighted by Crippen LogP contribution is 2.21. The van der Waals surface area contributed by atoms with Gasteiger partial charge in [0.05, 0.1) is 12.2 Å². The van der Waals surface area contributed by atoms with Gasteiger partial charge in [-0.05, 0) is 50.3 Å². The number of anilines is 2. The lowest BCUT2D eigenvalue weighted by Crippen LogP contribution is -2.41. The molecule has 152 valence electrons. The van der Waals surface area contributed by atoms with E-state index in [0.29, 0.717) is 13.1 Å². The van der Waals surface area contributed by atoms with Crippen molar-refractivity contribution in [3.63, 3.8) is 0 Å². The molecule has 1 aromatic rings. The van der Waals surface area contributed by atoms with E-state index in [9.17, 15) is 10.2 Å². The van der Waals surface area contributed by atoms with E-state index in [4.69, 9.17) is 9.47 Å². The molecule has 4 atom stereocenters. The molecule has 3 rings (SSSR count). The van der Waals surface area contributed by atoms with Crippen molar-refractivity contribution in [2.75, 3.05) is 36.9 Å². The van der Waals surface area contributed by atoms with Crippen LogP contribution < -0.4 is 21.3 Å². The van der Waals surface area contributed by atoms with Gasteiger partial charge in [0.1, 0.15) is 0 Å². The third-order valence-corrected chi connectivity index (χ3v) is 4.96. The molecular formula is C19H32N4O4. The van der Waals surface area contributed by atoms with Gasteiger partial charge in [0.15, 0.2) is 12.7 Å². The van der Waals surface area contributed by atoms with Crippen LogP contribution in [0.15, 0.2) is 18.2 Å². The van der Waals surface area contributed by atoms with Crippen molar-refractivity contribution in [3.05, 3.63) is 23.8 Å². The molecule has 3 unspecified atom stereocenters. The minimum Gasteiger partial charge on any atom is -0.377 e. The number of rotatable bonds is 10. The molecular weight excluding hydrogens is 348 g/mol. The molecule has 2 fully saturated rings. The Hall–Kier alpha value is -1.42. The molecule has 0 aliphatic carbocycles. The predicted octanol–water partition coefficient (Wildman–Crippen LogP) is 0.908. The molecule has 8 nitrogen and oxygen atoms in total. The van der Waals surface area contributed by atoms with E-state index in [1.54, 1.807) is 0 Å². The van der Waals surface area contributed by atoms with E-state index in [1.807, 2.05) is 25.1 Å². The summed E-state index contributed by atoms with van der Waals surface area (Å²) in [5, 5.41) is 32.4. The Balaban J connectivity index is 1.45. The zero-order valence-electron chi connectivity index (χ0n) is 15.9. The van der Waals surface area contributed by atoms with Crippen molar-refractivity contribution in [2.45, 2.75) is 57.5 Å². The zero-order chi connectivity index (χ0) is 19.1. The Bertz CT molecular complexity index is 577. The molecule has 2 saturated heterocycles. The molecule has 8 heteroatoms. The van der Waals surface area contributed by atoms with Crippen LogP contribution in [0.4, 0.5) is 11.4 Å². The topological polar surface area (TPSA) is 107 Å². The standard InChI is InChI=1S/C19H32N4O4/c1-13-6-7-14(22-18(24)20-11-15-4-2-8-26-15)10-17(13)23-19(25)21-12-16-5-3-9-27-16/h6-7,10,15-16,18-25H,2-5,8-9,11-12H2,1H3/t15?,16?,18?,19-/m1/s1. The highest BCUT2D eigenvalue weighted by Gasteiger charge is 2.18. The number of benzene rings is 1. The molecule has 27 heavy (non-hydrogen) atoms. The maximum Gasteiger partial charge on any atom is 0.181 e. The van der Waals surface area contributed by atoms with Crippen LogP contribution in [0.5, 0.6) is 0 Å². The van der Waals surface area contributed by atoms with Crippen LogP contribution in [0.2, 0.25) is 0 Å². The average Bonchev–Trinajstić information content (AvgIpc) is 3.35. The second-order valence-corrected chi connectivity index (χ2v) is 7.21. The number of ether oxygens (including phenoxy) is 2. The molecule has 0 radical (unpaired) electrons. The summed E-state index contributed by atoms with van der Waals surface area (Å²) in [7, 11) is 0. The highest BCUT2D eigenvalue weighted by molar-refractivity contribution is 5.61. The molecule has 0 spiro atoms. The van der Waals surface area contributed by atoms with Gasteiger partial charge in [-0.3, -0.25) is 10.6 Å². The van der Waals surface area contributed by atoms with Gasteiger partial charge >= 0.3 is 0 Å². The first-order valence-corrected chi connectivity index (χ1v) is 9.80. The second kappa shape index (κ2) is 10.2. The van der Waals surface area contributed by atoms with Crippen LogP contribution in [0.25, 0.3) is 0 Å². The largest absolute Gasteiger partial charge is 0.377 e. The fourth-order valence-electron chi connectivity index (χ4n) is 3.37. The van der Waals surface area contributed by atoms with Gasteiger partial charge in [-0.1, -0.05) is 6.07 Å². The van der Waals surface area contributed by atoms with Crippen LogP contribution in [0, 0.1) is 6.92 Å². The summed E-state index contributed by atoms with van der Waals surface area (Å²) in [6.07, 6.45) is 2.79. The highest BCUT2D eigenvalue weighted by atomic mass is 16.5. The van der Waals surface area contributed by atoms with Gasteiger partial charge in [-0.25, -0.2) is 0 Å². The van der Waals surface area contributed by atoms with Gasteiger partial charge in [-0.15, -0.1) is 0 Å². The number of hydrogen-bond acceptors (Lipinski definition) is 8. The fraction of sp³-hybridized carbons (Fsp3) is 0.684. The monoisotopic (exact) mass is 380 g/mol. The molecule has 2 aliphatic heterocycles. The van der Waals surface area contributed by atoms with E-state index in [1.165, 1.54) is 0 Å². The summed E-state index contributed by atoms with van der Waals surface area (Å²) in [5.41, 5.74) is 2.54. The van der Waals surface area contributed by atoms with Crippen molar-refractivity contribution >= 4 is 11.4 Å². The molecule has 0 aromatic heterocycles. The lowest BCUT2D eigenvalue weighted by atomic mass is 10.2. The quantitative estimate of drug-likeness (QED) is 0.333. The van der Waals surface area contributed by atoms with Gasteiger partial charge < -0.3 is 30.3 Å². The molecule has 6 N–H and O–H groups in total. The second-order valence-electron chi connectivity index (χ2n) is 7.21. The Labute approximate surface area is 160 Å². The first-order valence-electron chi connectivity index (χ1n) is 9.80. The summed E-state index contributed by atoms with van der Waals surface area (Å²) in [6, 6.07) is 5.69. The number of aryl methyl sites for hydroxylation is 1. The normalized spacial score (nSPS) is 24.7. The van der Waals surface area contributed by atoms with Gasteiger partial charge in [0, 0.05) is 37.7 Å². The van der Waals surface area contributed by atoms with Gasteiger partial charge in [0.25, 0.3) is 0 Å². The minimum atomic E-state index is -0.870. The first kappa shape index (κ1) is 20.3. The lowest BCUT2D eigenvalue weighted by Gasteiger charge is -2.21. The summed E-state index contributed by atoms with van der Waals surface area (Å²) in [6.45, 7) is 4.77. The van der Waals surface area contributed by atoms with E-state index in [2.05, 4.69) is 21.3 Å². The number of aliphatic hydroxyl groups excluding tert-OH is 2. The first-order chi connectivity index (χ1) is 13.1. The Morgan fingerprint density at radius 3 is 2.11 bits per heavy atom. The van der Waals surface area contributed by atoms with Gasteiger partial charge in [-0.2, -0.15) is 0 Å². The van der Waals surface area contributed by atoms with Crippen LogP contribution in [0.3, 0.4) is 0 Å². The molecule has 0 saturated carbocycles. The summed E-state index contributed by atoms with van der Waals surface area (Å²) >= 11 is 0. The summed E-state index contributed by atoms with van der Waals surface area (Å²) in [5.74, 6) is 0. The summed E-state index contributed by atoms with van der Waals surface area (Å²) < 4.78 is 11.1. The number of hydrogen-bond donors (Lipinski definition) is 6. The molecule has 0 bridgehead atoms.